The van der Waals surface area contributed by atoms with Crippen molar-refractivity contribution < 1.29 is 14.3 Å². The van der Waals surface area contributed by atoms with E-state index in [1.54, 1.807) is 0 Å². The average molecular weight is 212 g/mol. The SMILES string of the molecule is CCCCCOC(=O)[C@@H]1[C@@H](C=O)C1(C)C. The smallest absolute Gasteiger partial charge is 0.310 e. The lowest BCUT2D eigenvalue weighted by molar-refractivity contribution is -0.146. The molecule has 0 radical (unpaired) electrons. The molecule has 1 fully saturated rings. The van der Waals surface area contributed by atoms with E-state index in [0.717, 1.165) is 25.5 Å². The van der Waals surface area contributed by atoms with Crippen LogP contribution in [0.1, 0.15) is 40.0 Å². The molecule has 86 valence electrons. The van der Waals surface area contributed by atoms with Crippen LogP contribution in [0, 0.1) is 17.3 Å². The molecule has 1 aliphatic carbocycles. The van der Waals surface area contributed by atoms with Crippen molar-refractivity contribution in [1.82, 2.24) is 0 Å². The van der Waals surface area contributed by atoms with E-state index in [1.807, 2.05) is 13.8 Å². The lowest BCUT2D eigenvalue weighted by Crippen LogP contribution is -2.11. The number of rotatable bonds is 6. The van der Waals surface area contributed by atoms with Gasteiger partial charge in [0.1, 0.15) is 6.29 Å². The molecule has 1 rings (SSSR count). The molecule has 1 aliphatic rings. The predicted octanol–water partition coefficient (Wildman–Crippen LogP) is 2.19. The van der Waals surface area contributed by atoms with Gasteiger partial charge in [-0.2, -0.15) is 0 Å². The summed E-state index contributed by atoms with van der Waals surface area (Å²) in [6.07, 6.45) is 3.99. The molecule has 2 atom stereocenters. The Morgan fingerprint density at radius 1 is 1.40 bits per heavy atom. The molecule has 0 N–H and O–H groups in total. The van der Waals surface area contributed by atoms with Gasteiger partial charge < -0.3 is 9.53 Å². The van der Waals surface area contributed by atoms with E-state index in [9.17, 15) is 9.59 Å². The minimum Gasteiger partial charge on any atom is -0.465 e. The van der Waals surface area contributed by atoms with Crippen LogP contribution in [0.5, 0.6) is 0 Å². The number of carbonyl (C=O) groups is 2. The largest absolute Gasteiger partial charge is 0.465 e. The van der Waals surface area contributed by atoms with E-state index in [0.29, 0.717) is 6.61 Å². The molecular weight excluding hydrogens is 192 g/mol. The van der Waals surface area contributed by atoms with Gasteiger partial charge in [-0.05, 0) is 11.8 Å². The first kappa shape index (κ1) is 12.2. The Kier molecular flexibility index (Phi) is 3.89. The van der Waals surface area contributed by atoms with Gasteiger partial charge in [-0.15, -0.1) is 0 Å². The summed E-state index contributed by atoms with van der Waals surface area (Å²) in [5, 5.41) is 0. The van der Waals surface area contributed by atoms with Crippen molar-refractivity contribution in [2.24, 2.45) is 17.3 Å². The second kappa shape index (κ2) is 4.77. The zero-order chi connectivity index (χ0) is 11.5. The van der Waals surface area contributed by atoms with Gasteiger partial charge in [0.05, 0.1) is 12.5 Å². The van der Waals surface area contributed by atoms with Gasteiger partial charge in [-0.3, -0.25) is 4.79 Å². The molecule has 3 heteroatoms. The first-order chi connectivity index (χ1) is 7.05. The Hall–Kier alpha value is -0.860. The summed E-state index contributed by atoms with van der Waals surface area (Å²) in [6, 6.07) is 0. The second-order valence-electron chi connectivity index (χ2n) is 4.84. The quantitative estimate of drug-likeness (QED) is 0.385. The number of unbranched alkanes of at least 4 members (excludes halogenated alkanes) is 2. The molecule has 0 aliphatic heterocycles. The Labute approximate surface area is 91.2 Å². The van der Waals surface area contributed by atoms with Gasteiger partial charge in [0.25, 0.3) is 0 Å². The normalized spacial score (nSPS) is 27.1. The van der Waals surface area contributed by atoms with Crippen LogP contribution in [0.2, 0.25) is 0 Å². The zero-order valence-corrected chi connectivity index (χ0v) is 9.79. The Morgan fingerprint density at radius 3 is 2.53 bits per heavy atom. The van der Waals surface area contributed by atoms with Crippen LogP contribution in [0.25, 0.3) is 0 Å². The minimum atomic E-state index is -0.211. The van der Waals surface area contributed by atoms with Crippen LogP contribution in [0.15, 0.2) is 0 Å². The molecule has 0 amide bonds. The van der Waals surface area contributed by atoms with Gasteiger partial charge in [-0.1, -0.05) is 33.6 Å². The molecule has 0 aromatic carbocycles. The number of ether oxygens (including phenoxy) is 1. The molecular formula is C12H20O3. The van der Waals surface area contributed by atoms with Crippen LogP contribution >= 0.6 is 0 Å². The molecule has 0 aromatic rings. The maximum Gasteiger partial charge on any atom is 0.310 e. The van der Waals surface area contributed by atoms with Gasteiger partial charge >= 0.3 is 5.97 Å². The van der Waals surface area contributed by atoms with E-state index in [2.05, 4.69) is 6.92 Å². The molecule has 0 spiro atoms. The molecule has 15 heavy (non-hydrogen) atoms. The highest BCUT2D eigenvalue weighted by Gasteiger charge is 2.62. The molecule has 0 heterocycles. The fourth-order valence-corrected chi connectivity index (χ4v) is 2.00. The fourth-order valence-electron chi connectivity index (χ4n) is 2.00. The molecule has 3 nitrogen and oxygen atoms in total. The Morgan fingerprint density at radius 2 is 2.07 bits per heavy atom. The summed E-state index contributed by atoms with van der Waals surface area (Å²) < 4.78 is 5.14. The number of hydrogen-bond donors (Lipinski definition) is 0. The zero-order valence-electron chi connectivity index (χ0n) is 9.79. The number of hydrogen-bond acceptors (Lipinski definition) is 3. The van der Waals surface area contributed by atoms with E-state index < -0.39 is 0 Å². The van der Waals surface area contributed by atoms with Gasteiger partial charge in [0.2, 0.25) is 0 Å². The van der Waals surface area contributed by atoms with Crippen molar-refractivity contribution in [2.75, 3.05) is 6.61 Å². The second-order valence-corrected chi connectivity index (χ2v) is 4.84. The lowest BCUT2D eigenvalue weighted by Gasteiger charge is -2.04. The Balaban J connectivity index is 2.27. The Bertz CT molecular complexity index is 245. The number of carbonyl (C=O) groups excluding carboxylic acids is 2. The highest BCUT2D eigenvalue weighted by atomic mass is 16.5. The van der Waals surface area contributed by atoms with Crippen molar-refractivity contribution in [3.05, 3.63) is 0 Å². The molecule has 0 bridgehead atoms. The molecule has 0 aromatic heterocycles. The number of esters is 1. The highest BCUT2D eigenvalue weighted by Crippen LogP contribution is 2.57. The summed E-state index contributed by atoms with van der Waals surface area (Å²) in [5.41, 5.74) is -0.191. The van der Waals surface area contributed by atoms with E-state index in [-0.39, 0.29) is 23.2 Å². The van der Waals surface area contributed by atoms with E-state index in [1.165, 1.54) is 0 Å². The topological polar surface area (TPSA) is 43.4 Å². The van der Waals surface area contributed by atoms with E-state index in [4.69, 9.17) is 4.74 Å². The highest BCUT2D eigenvalue weighted by molar-refractivity contribution is 5.84. The molecule has 0 saturated heterocycles. The van der Waals surface area contributed by atoms with Gasteiger partial charge in [0, 0.05) is 5.92 Å². The van der Waals surface area contributed by atoms with Crippen LogP contribution in [0.3, 0.4) is 0 Å². The summed E-state index contributed by atoms with van der Waals surface area (Å²) in [6.45, 7) is 6.47. The van der Waals surface area contributed by atoms with Crippen LogP contribution in [-0.4, -0.2) is 18.9 Å². The monoisotopic (exact) mass is 212 g/mol. The maximum atomic E-state index is 11.6. The molecule has 1 saturated carbocycles. The summed E-state index contributed by atoms with van der Waals surface area (Å²) >= 11 is 0. The van der Waals surface area contributed by atoms with Crippen molar-refractivity contribution in [3.63, 3.8) is 0 Å². The standard InChI is InChI=1S/C12H20O3/c1-4-5-6-7-15-11(14)10-9(8-13)12(10,2)3/h8-10H,4-7H2,1-3H3/t9-,10+/m1/s1. The maximum absolute atomic E-state index is 11.6. The fraction of sp³-hybridized carbons (Fsp3) is 0.833. The predicted molar refractivity (Wildman–Crippen MR) is 57.3 cm³/mol. The van der Waals surface area contributed by atoms with Gasteiger partial charge in [0.15, 0.2) is 0 Å². The number of aldehydes is 1. The third-order valence-electron chi connectivity index (χ3n) is 3.30. The first-order valence-corrected chi connectivity index (χ1v) is 5.67. The van der Waals surface area contributed by atoms with Crippen molar-refractivity contribution in [3.8, 4) is 0 Å². The van der Waals surface area contributed by atoms with Crippen molar-refractivity contribution in [2.45, 2.75) is 40.0 Å². The van der Waals surface area contributed by atoms with Gasteiger partial charge in [-0.25, -0.2) is 0 Å². The first-order valence-electron chi connectivity index (χ1n) is 5.67. The van der Waals surface area contributed by atoms with Crippen molar-refractivity contribution in [1.29, 1.82) is 0 Å². The van der Waals surface area contributed by atoms with E-state index >= 15 is 0 Å². The van der Waals surface area contributed by atoms with Crippen LogP contribution < -0.4 is 0 Å². The summed E-state index contributed by atoms with van der Waals surface area (Å²) in [5.74, 6) is -0.555. The average Bonchev–Trinajstić information content (AvgIpc) is 2.75. The summed E-state index contributed by atoms with van der Waals surface area (Å²) in [7, 11) is 0. The third-order valence-corrected chi connectivity index (χ3v) is 3.30. The van der Waals surface area contributed by atoms with Crippen LogP contribution in [0.4, 0.5) is 0 Å². The molecule has 0 unspecified atom stereocenters. The summed E-state index contributed by atoms with van der Waals surface area (Å²) in [4.78, 5) is 22.2. The lowest BCUT2D eigenvalue weighted by atomic mass is 10.1. The van der Waals surface area contributed by atoms with Crippen LogP contribution in [-0.2, 0) is 14.3 Å². The van der Waals surface area contributed by atoms with Crippen molar-refractivity contribution >= 4 is 12.3 Å². The minimum absolute atomic E-state index is 0.142. The third kappa shape index (κ3) is 2.58.